The number of methoxy groups -OCH3 is 1. The van der Waals surface area contributed by atoms with Gasteiger partial charge in [-0.2, -0.15) is 0 Å². The quantitative estimate of drug-likeness (QED) is 0.488. The van der Waals surface area contributed by atoms with Crippen molar-refractivity contribution >= 4 is 38.5 Å². The molecule has 0 saturated heterocycles. The summed E-state index contributed by atoms with van der Waals surface area (Å²) >= 11 is 8.33. The molecule has 0 unspecified atom stereocenters. The molecule has 0 aliphatic rings. The zero-order valence-corrected chi connectivity index (χ0v) is 9.83. The molecule has 80 valence electrons. The van der Waals surface area contributed by atoms with Crippen LogP contribution in [-0.2, 0) is 0 Å². The normalized spacial score (nSPS) is 9.80. The fraction of sp³-hybridized carbons (Fsp3) is 0.125. The van der Waals surface area contributed by atoms with E-state index in [0.29, 0.717) is 4.47 Å². The molecule has 0 aliphatic heterocycles. The van der Waals surface area contributed by atoms with Crippen LogP contribution < -0.4 is 4.74 Å². The minimum Gasteiger partial charge on any atom is -0.490 e. The van der Waals surface area contributed by atoms with Crippen LogP contribution in [0.3, 0.4) is 0 Å². The number of hydrogen-bond donors (Lipinski definition) is 0. The second kappa shape index (κ2) is 4.59. The first-order valence-electron chi connectivity index (χ1n) is 3.69. The molecule has 1 rings (SSSR count). The van der Waals surface area contributed by atoms with Gasteiger partial charge in [-0.05, 0) is 17.7 Å². The lowest BCUT2D eigenvalue weighted by atomic mass is 10.2. The SMILES string of the molecule is COc1cc(Br)cc(C(=O)Cl)c1[N+](=O)[O-]. The van der Waals surface area contributed by atoms with Crippen molar-refractivity contribution in [3.05, 3.63) is 32.3 Å². The van der Waals surface area contributed by atoms with Crippen LogP contribution in [0.25, 0.3) is 0 Å². The molecule has 1 aromatic carbocycles. The van der Waals surface area contributed by atoms with Gasteiger partial charge in [-0.1, -0.05) is 15.9 Å². The number of carbonyl (C=O) groups is 1. The zero-order chi connectivity index (χ0) is 11.6. The summed E-state index contributed by atoms with van der Waals surface area (Å²) < 4.78 is 5.28. The van der Waals surface area contributed by atoms with Crippen LogP contribution in [0.1, 0.15) is 10.4 Å². The monoisotopic (exact) mass is 293 g/mol. The van der Waals surface area contributed by atoms with Crippen LogP contribution in [0.4, 0.5) is 5.69 Å². The van der Waals surface area contributed by atoms with Gasteiger partial charge in [-0.25, -0.2) is 0 Å². The Morgan fingerprint density at radius 1 is 1.60 bits per heavy atom. The first-order chi connectivity index (χ1) is 6.97. The summed E-state index contributed by atoms with van der Waals surface area (Å²) in [6.07, 6.45) is 0. The van der Waals surface area contributed by atoms with Crippen molar-refractivity contribution < 1.29 is 14.5 Å². The van der Waals surface area contributed by atoms with Crippen LogP contribution in [0.2, 0.25) is 0 Å². The number of hydrogen-bond acceptors (Lipinski definition) is 4. The van der Waals surface area contributed by atoms with Gasteiger partial charge in [0.05, 0.1) is 12.0 Å². The molecule has 0 spiro atoms. The third-order valence-electron chi connectivity index (χ3n) is 1.65. The number of halogens is 2. The number of nitro benzene ring substituents is 1. The van der Waals surface area contributed by atoms with E-state index in [9.17, 15) is 14.9 Å². The molecular weight excluding hydrogens is 289 g/mol. The highest BCUT2D eigenvalue weighted by molar-refractivity contribution is 9.10. The van der Waals surface area contributed by atoms with Gasteiger partial charge in [0.2, 0.25) is 0 Å². The van der Waals surface area contributed by atoms with Crippen molar-refractivity contribution in [2.45, 2.75) is 0 Å². The third-order valence-corrected chi connectivity index (χ3v) is 2.32. The number of rotatable bonds is 3. The zero-order valence-electron chi connectivity index (χ0n) is 7.49. The molecule has 0 aliphatic carbocycles. The van der Waals surface area contributed by atoms with Crippen LogP contribution in [0, 0.1) is 10.1 Å². The fourth-order valence-corrected chi connectivity index (χ4v) is 1.65. The van der Waals surface area contributed by atoms with E-state index >= 15 is 0 Å². The van der Waals surface area contributed by atoms with Gasteiger partial charge in [0.15, 0.2) is 5.75 Å². The second-order valence-electron chi connectivity index (χ2n) is 2.54. The Hall–Kier alpha value is -1.14. The smallest absolute Gasteiger partial charge is 0.323 e. The topological polar surface area (TPSA) is 69.4 Å². The Kier molecular flexibility index (Phi) is 3.65. The predicted molar refractivity (Wildman–Crippen MR) is 57.5 cm³/mol. The Bertz CT molecular complexity index is 435. The number of carbonyl (C=O) groups excluding carboxylic acids is 1. The number of benzene rings is 1. The van der Waals surface area contributed by atoms with Crippen molar-refractivity contribution in [2.24, 2.45) is 0 Å². The summed E-state index contributed by atoms with van der Waals surface area (Å²) in [7, 11) is 1.28. The van der Waals surface area contributed by atoms with Crippen molar-refractivity contribution in [2.75, 3.05) is 7.11 Å². The Morgan fingerprint density at radius 3 is 2.60 bits per heavy atom. The van der Waals surface area contributed by atoms with E-state index in [1.54, 1.807) is 0 Å². The molecule has 0 bridgehead atoms. The average molecular weight is 294 g/mol. The molecule has 0 amide bonds. The highest BCUT2D eigenvalue weighted by Gasteiger charge is 2.25. The molecule has 0 heterocycles. The van der Waals surface area contributed by atoms with E-state index in [4.69, 9.17) is 16.3 Å². The lowest BCUT2D eigenvalue weighted by Gasteiger charge is -2.04. The maximum Gasteiger partial charge on any atom is 0.323 e. The van der Waals surface area contributed by atoms with Gasteiger partial charge in [-0.3, -0.25) is 14.9 Å². The van der Waals surface area contributed by atoms with Crippen LogP contribution in [-0.4, -0.2) is 17.3 Å². The highest BCUT2D eigenvalue weighted by atomic mass is 79.9. The van der Waals surface area contributed by atoms with Crippen LogP contribution >= 0.6 is 27.5 Å². The van der Waals surface area contributed by atoms with Gasteiger partial charge < -0.3 is 4.74 Å². The van der Waals surface area contributed by atoms with Crippen LogP contribution in [0.5, 0.6) is 5.75 Å². The molecular formula is C8H5BrClNO4. The molecule has 15 heavy (non-hydrogen) atoms. The summed E-state index contributed by atoms with van der Waals surface area (Å²) in [5.41, 5.74) is -0.631. The minimum absolute atomic E-state index is 0.0154. The molecule has 0 radical (unpaired) electrons. The van der Waals surface area contributed by atoms with Crippen molar-refractivity contribution in [1.82, 2.24) is 0 Å². The summed E-state index contributed by atoms with van der Waals surface area (Å²) in [6, 6.07) is 2.66. The summed E-state index contributed by atoms with van der Waals surface area (Å²) in [6.45, 7) is 0. The predicted octanol–water partition coefficient (Wildman–Crippen LogP) is 2.74. The van der Waals surface area contributed by atoms with Gasteiger partial charge >= 0.3 is 5.69 Å². The molecule has 5 nitrogen and oxygen atoms in total. The molecule has 0 aromatic heterocycles. The maximum absolute atomic E-state index is 11.0. The maximum atomic E-state index is 11.0. The first-order valence-corrected chi connectivity index (χ1v) is 4.86. The van der Waals surface area contributed by atoms with E-state index in [2.05, 4.69) is 15.9 Å². The fourth-order valence-electron chi connectivity index (χ4n) is 1.07. The van der Waals surface area contributed by atoms with Gasteiger partial charge in [0.25, 0.3) is 5.24 Å². The number of nitro groups is 1. The molecule has 0 N–H and O–H groups in total. The Morgan fingerprint density at radius 2 is 2.20 bits per heavy atom. The number of ether oxygens (including phenoxy) is 1. The summed E-state index contributed by atoms with van der Waals surface area (Å²) in [5.74, 6) is -0.0154. The Labute approximate surface area is 98.3 Å². The lowest BCUT2D eigenvalue weighted by Crippen LogP contribution is -2.01. The number of nitrogens with zero attached hydrogens (tertiary/aromatic N) is 1. The molecule has 0 saturated carbocycles. The van der Waals surface area contributed by atoms with E-state index < -0.39 is 15.9 Å². The molecule has 7 heteroatoms. The minimum atomic E-state index is -0.902. The summed E-state index contributed by atoms with van der Waals surface area (Å²) in [5, 5.41) is 9.82. The molecule has 0 atom stereocenters. The Balaban J connectivity index is 3.54. The van der Waals surface area contributed by atoms with E-state index in [1.807, 2.05) is 0 Å². The van der Waals surface area contributed by atoms with Gasteiger partial charge in [0.1, 0.15) is 5.56 Å². The average Bonchev–Trinajstić information content (AvgIpc) is 2.15. The van der Waals surface area contributed by atoms with Crippen LogP contribution in [0.15, 0.2) is 16.6 Å². The standard InChI is InChI=1S/C8H5BrClNO4/c1-15-6-3-4(9)2-5(8(10)12)7(6)11(13)14/h2-3H,1H3. The first kappa shape index (κ1) is 11.9. The van der Waals surface area contributed by atoms with Gasteiger partial charge in [-0.15, -0.1) is 0 Å². The van der Waals surface area contributed by atoms with E-state index in [1.165, 1.54) is 19.2 Å². The van der Waals surface area contributed by atoms with Crippen molar-refractivity contribution in [3.63, 3.8) is 0 Å². The molecule has 0 fully saturated rings. The van der Waals surface area contributed by atoms with E-state index in [0.717, 1.165) is 0 Å². The lowest BCUT2D eigenvalue weighted by molar-refractivity contribution is -0.386. The van der Waals surface area contributed by atoms with Gasteiger partial charge in [0, 0.05) is 10.5 Å². The highest BCUT2D eigenvalue weighted by Crippen LogP contribution is 2.34. The van der Waals surface area contributed by atoms with E-state index in [-0.39, 0.29) is 11.3 Å². The third kappa shape index (κ3) is 2.45. The van der Waals surface area contributed by atoms with Crippen molar-refractivity contribution in [3.8, 4) is 5.75 Å². The second-order valence-corrected chi connectivity index (χ2v) is 3.79. The molecule has 1 aromatic rings. The largest absolute Gasteiger partial charge is 0.490 e. The summed E-state index contributed by atoms with van der Waals surface area (Å²) in [4.78, 5) is 21.0. The van der Waals surface area contributed by atoms with Crippen molar-refractivity contribution in [1.29, 1.82) is 0 Å².